The van der Waals surface area contributed by atoms with Crippen LogP contribution in [0.4, 0.5) is 0 Å². The zero-order valence-electron chi connectivity index (χ0n) is 11.7. The Balaban J connectivity index is 2.22. The van der Waals surface area contributed by atoms with Crippen molar-refractivity contribution in [3.8, 4) is 0 Å². The Morgan fingerprint density at radius 2 is 1.79 bits per heavy atom. The van der Waals surface area contributed by atoms with Crippen LogP contribution in [0.25, 0.3) is 0 Å². The highest BCUT2D eigenvalue weighted by molar-refractivity contribution is 5.24. The summed E-state index contributed by atoms with van der Waals surface area (Å²) >= 11 is 0. The first kappa shape index (κ1) is 13.8. The van der Waals surface area contributed by atoms with Crippen molar-refractivity contribution in [1.29, 1.82) is 0 Å². The van der Waals surface area contributed by atoms with Gasteiger partial charge in [0, 0.05) is 23.9 Å². The molecule has 0 aliphatic rings. The molecule has 2 rings (SSSR count). The number of hydrogen-bond donors (Lipinski definition) is 1. The number of nitrogens with one attached hydrogen (secondary N) is 1. The second-order valence-electron chi connectivity index (χ2n) is 4.89. The molecule has 0 spiro atoms. The molecule has 19 heavy (non-hydrogen) atoms. The van der Waals surface area contributed by atoms with E-state index in [9.17, 15) is 0 Å². The minimum absolute atomic E-state index is 0.316. The quantitative estimate of drug-likeness (QED) is 0.845. The lowest BCUT2D eigenvalue weighted by Gasteiger charge is -2.25. The molecule has 2 aromatic rings. The van der Waals surface area contributed by atoms with Crippen LogP contribution in [0, 0.1) is 0 Å². The van der Waals surface area contributed by atoms with Gasteiger partial charge < -0.3 is 5.32 Å². The second kappa shape index (κ2) is 7.05. The fourth-order valence-corrected chi connectivity index (χ4v) is 2.36. The summed E-state index contributed by atoms with van der Waals surface area (Å²) in [6, 6.07) is 17.1. The number of nitrogens with zero attached hydrogens (tertiary/aromatic N) is 1. The number of rotatable bonds is 6. The predicted molar refractivity (Wildman–Crippen MR) is 80.1 cm³/mol. The highest BCUT2D eigenvalue weighted by Crippen LogP contribution is 2.29. The zero-order valence-corrected chi connectivity index (χ0v) is 11.7. The summed E-state index contributed by atoms with van der Waals surface area (Å²) in [5.41, 5.74) is 2.47. The van der Waals surface area contributed by atoms with Crippen LogP contribution in [0.3, 0.4) is 0 Å². The third-order valence-electron chi connectivity index (χ3n) is 3.43. The molecule has 0 aliphatic carbocycles. The molecule has 0 aliphatic heterocycles. The molecule has 1 aromatic heterocycles. The predicted octanol–water partition coefficient (Wildman–Crippen LogP) is 3.93. The molecule has 2 atom stereocenters. The molecule has 2 nitrogen and oxygen atoms in total. The fourth-order valence-electron chi connectivity index (χ4n) is 2.36. The summed E-state index contributed by atoms with van der Waals surface area (Å²) in [5.74, 6) is 0.357. The minimum atomic E-state index is 0.316. The summed E-state index contributed by atoms with van der Waals surface area (Å²) in [7, 11) is 0. The molecular weight excluding hydrogens is 232 g/mol. The van der Waals surface area contributed by atoms with Crippen LogP contribution in [0.5, 0.6) is 0 Å². The average Bonchev–Trinajstić information content (AvgIpc) is 2.49. The van der Waals surface area contributed by atoms with Gasteiger partial charge in [-0.15, -0.1) is 0 Å². The smallest absolute Gasteiger partial charge is 0.0450 e. The molecule has 0 amide bonds. The van der Waals surface area contributed by atoms with Crippen molar-refractivity contribution in [2.45, 2.75) is 32.2 Å². The standard InChI is InChI=1S/C17H22N2/c1-3-12-19-17(15-9-5-4-6-10-15)14(2)16-11-7-8-13-18-16/h4-11,13-14,17,19H,3,12H2,1-2H3. The van der Waals surface area contributed by atoms with Crippen LogP contribution in [0.15, 0.2) is 54.7 Å². The van der Waals surface area contributed by atoms with E-state index in [0.717, 1.165) is 18.7 Å². The van der Waals surface area contributed by atoms with Crippen LogP contribution >= 0.6 is 0 Å². The molecule has 1 heterocycles. The van der Waals surface area contributed by atoms with Crippen molar-refractivity contribution in [3.05, 3.63) is 66.0 Å². The summed E-state index contributed by atoms with van der Waals surface area (Å²) in [6.07, 6.45) is 3.01. The van der Waals surface area contributed by atoms with Gasteiger partial charge in [-0.1, -0.05) is 50.2 Å². The van der Waals surface area contributed by atoms with Crippen LogP contribution < -0.4 is 5.32 Å². The van der Waals surface area contributed by atoms with Crippen molar-refractivity contribution in [3.63, 3.8) is 0 Å². The van der Waals surface area contributed by atoms with Crippen molar-refractivity contribution < 1.29 is 0 Å². The highest BCUT2D eigenvalue weighted by Gasteiger charge is 2.20. The Labute approximate surface area is 115 Å². The van der Waals surface area contributed by atoms with E-state index in [1.807, 2.05) is 12.3 Å². The highest BCUT2D eigenvalue weighted by atomic mass is 14.9. The van der Waals surface area contributed by atoms with E-state index in [4.69, 9.17) is 0 Å². The maximum atomic E-state index is 4.49. The summed E-state index contributed by atoms with van der Waals surface area (Å²) in [4.78, 5) is 4.49. The normalized spacial score (nSPS) is 14.0. The molecule has 1 aromatic carbocycles. The second-order valence-corrected chi connectivity index (χ2v) is 4.89. The van der Waals surface area contributed by atoms with E-state index in [1.165, 1.54) is 5.56 Å². The number of aromatic nitrogens is 1. The Kier molecular flexibility index (Phi) is 5.10. The Morgan fingerprint density at radius 1 is 1.05 bits per heavy atom. The molecule has 2 heteroatoms. The fraction of sp³-hybridized carbons (Fsp3) is 0.353. The van der Waals surface area contributed by atoms with Gasteiger partial charge in [-0.3, -0.25) is 4.98 Å². The van der Waals surface area contributed by atoms with Crippen LogP contribution in [-0.4, -0.2) is 11.5 Å². The molecule has 1 N–H and O–H groups in total. The number of pyridine rings is 1. The number of hydrogen-bond acceptors (Lipinski definition) is 2. The van der Waals surface area contributed by atoms with Gasteiger partial charge in [0.1, 0.15) is 0 Å². The molecule has 0 fully saturated rings. The molecular formula is C17H22N2. The van der Waals surface area contributed by atoms with Gasteiger partial charge in [-0.05, 0) is 30.7 Å². The maximum Gasteiger partial charge on any atom is 0.0450 e. The van der Waals surface area contributed by atoms with Crippen molar-refractivity contribution in [2.75, 3.05) is 6.54 Å². The lowest BCUT2D eigenvalue weighted by molar-refractivity contribution is 0.460. The molecule has 0 bridgehead atoms. The molecule has 0 saturated carbocycles. The van der Waals surface area contributed by atoms with Gasteiger partial charge in [0.2, 0.25) is 0 Å². The molecule has 100 valence electrons. The topological polar surface area (TPSA) is 24.9 Å². The average molecular weight is 254 g/mol. The Hall–Kier alpha value is -1.67. The van der Waals surface area contributed by atoms with Gasteiger partial charge >= 0.3 is 0 Å². The SMILES string of the molecule is CCCNC(c1ccccc1)C(C)c1ccccn1. The van der Waals surface area contributed by atoms with Crippen LogP contribution in [-0.2, 0) is 0 Å². The van der Waals surface area contributed by atoms with Crippen LogP contribution in [0.2, 0.25) is 0 Å². The first-order valence-corrected chi connectivity index (χ1v) is 7.02. The minimum Gasteiger partial charge on any atom is -0.309 e. The van der Waals surface area contributed by atoms with E-state index in [0.29, 0.717) is 12.0 Å². The summed E-state index contributed by atoms with van der Waals surface area (Å²) in [6.45, 7) is 5.46. The lowest BCUT2D eigenvalue weighted by Crippen LogP contribution is -2.27. The van der Waals surface area contributed by atoms with Crippen LogP contribution in [0.1, 0.15) is 43.5 Å². The van der Waals surface area contributed by atoms with Gasteiger partial charge in [0.05, 0.1) is 0 Å². The van der Waals surface area contributed by atoms with E-state index in [-0.39, 0.29) is 0 Å². The monoisotopic (exact) mass is 254 g/mol. The largest absolute Gasteiger partial charge is 0.309 e. The summed E-state index contributed by atoms with van der Waals surface area (Å²) in [5, 5.41) is 3.64. The van der Waals surface area contributed by atoms with Crippen molar-refractivity contribution >= 4 is 0 Å². The lowest BCUT2D eigenvalue weighted by atomic mass is 9.91. The van der Waals surface area contributed by atoms with Gasteiger partial charge in [-0.2, -0.15) is 0 Å². The zero-order chi connectivity index (χ0) is 13.5. The van der Waals surface area contributed by atoms with Crippen molar-refractivity contribution in [2.24, 2.45) is 0 Å². The molecule has 0 saturated heterocycles. The van der Waals surface area contributed by atoms with Gasteiger partial charge in [0.25, 0.3) is 0 Å². The molecule has 0 radical (unpaired) electrons. The van der Waals surface area contributed by atoms with E-state index >= 15 is 0 Å². The van der Waals surface area contributed by atoms with Crippen molar-refractivity contribution in [1.82, 2.24) is 10.3 Å². The summed E-state index contributed by atoms with van der Waals surface area (Å²) < 4.78 is 0. The Morgan fingerprint density at radius 3 is 2.42 bits per heavy atom. The van der Waals surface area contributed by atoms with E-state index < -0.39 is 0 Å². The third-order valence-corrected chi connectivity index (χ3v) is 3.43. The molecule has 2 unspecified atom stereocenters. The van der Waals surface area contributed by atoms with E-state index in [2.05, 4.69) is 66.6 Å². The van der Waals surface area contributed by atoms with E-state index in [1.54, 1.807) is 0 Å². The number of benzene rings is 1. The first-order chi connectivity index (χ1) is 9.33. The maximum absolute atomic E-state index is 4.49. The first-order valence-electron chi connectivity index (χ1n) is 7.02. The van der Waals surface area contributed by atoms with Gasteiger partial charge in [0.15, 0.2) is 0 Å². The third kappa shape index (κ3) is 3.65. The Bertz CT molecular complexity index is 467. The van der Waals surface area contributed by atoms with Gasteiger partial charge in [-0.25, -0.2) is 0 Å².